The second-order valence-electron chi connectivity index (χ2n) is 7.22. The molecule has 5 nitrogen and oxygen atoms in total. The van der Waals surface area contributed by atoms with Crippen LogP contribution in [-0.2, 0) is 4.74 Å². The van der Waals surface area contributed by atoms with Gasteiger partial charge in [0.1, 0.15) is 12.4 Å². The lowest BCUT2D eigenvalue weighted by atomic mass is 10.3. The van der Waals surface area contributed by atoms with E-state index in [0.29, 0.717) is 6.01 Å². The molecule has 160 valence electrons. The first-order valence-electron chi connectivity index (χ1n) is 9.14. The number of alkyl halides is 3. The zero-order valence-electron chi connectivity index (χ0n) is 17.1. The van der Waals surface area contributed by atoms with Gasteiger partial charge in [-0.15, -0.1) is 13.2 Å². The van der Waals surface area contributed by atoms with E-state index < -0.39 is 6.36 Å². The third-order valence-corrected chi connectivity index (χ3v) is 4.58. The Morgan fingerprint density at radius 3 is 2.62 bits per heavy atom. The summed E-state index contributed by atoms with van der Waals surface area (Å²) in [7, 11) is 2.01. The molecule has 0 spiro atoms. The van der Waals surface area contributed by atoms with Crippen molar-refractivity contribution in [3.63, 3.8) is 0 Å². The van der Waals surface area contributed by atoms with E-state index in [0.717, 1.165) is 16.7 Å². The highest BCUT2D eigenvalue weighted by molar-refractivity contribution is 8.01. The van der Waals surface area contributed by atoms with Gasteiger partial charge in [-0.25, -0.2) is 0 Å². The van der Waals surface area contributed by atoms with E-state index in [2.05, 4.69) is 39.8 Å². The number of nitrogens with one attached hydrogen (secondary N) is 1. The smallest absolute Gasteiger partial charge is 0.461 e. The van der Waals surface area contributed by atoms with Crippen LogP contribution in [-0.4, -0.2) is 34.7 Å². The first-order valence-corrected chi connectivity index (χ1v) is 9.91. The number of allylic oxidation sites excluding steroid dienone is 3. The molecule has 2 aromatic rings. The monoisotopic (exact) mass is 429 g/mol. The number of hydrogen-bond acceptors (Lipinski definition) is 5. The maximum Gasteiger partial charge on any atom is 0.572 e. The highest BCUT2D eigenvalue weighted by Crippen LogP contribution is 2.32. The molecule has 2 rings (SSSR count). The summed E-state index contributed by atoms with van der Waals surface area (Å²) in [5, 5.41) is 0. The van der Waals surface area contributed by atoms with Gasteiger partial charge in [0.25, 0.3) is 6.01 Å². The van der Waals surface area contributed by atoms with E-state index in [9.17, 15) is 13.2 Å². The van der Waals surface area contributed by atoms with E-state index in [-0.39, 0.29) is 23.5 Å². The quantitative estimate of drug-likeness (QED) is 0.307. The predicted molar refractivity (Wildman–Crippen MR) is 112 cm³/mol. The van der Waals surface area contributed by atoms with E-state index in [1.165, 1.54) is 12.2 Å². The lowest BCUT2D eigenvalue weighted by molar-refractivity contribution is -0.306. The third-order valence-electron chi connectivity index (χ3n) is 3.55. The van der Waals surface area contributed by atoms with Gasteiger partial charge in [-0.2, -0.15) is 4.98 Å². The lowest BCUT2D eigenvalue weighted by Gasteiger charge is -2.26. The van der Waals surface area contributed by atoms with E-state index in [1.54, 1.807) is 24.9 Å². The minimum absolute atomic E-state index is 0.0928. The molecule has 0 aliphatic heterocycles. The number of benzene rings is 1. The van der Waals surface area contributed by atoms with Gasteiger partial charge in [-0.05, 0) is 63.1 Å². The lowest BCUT2D eigenvalue weighted by Crippen LogP contribution is -2.18. The summed E-state index contributed by atoms with van der Waals surface area (Å²) >= 11 is 1.72. The van der Waals surface area contributed by atoms with Crippen molar-refractivity contribution < 1.29 is 22.6 Å². The minimum Gasteiger partial charge on any atom is -0.461 e. The molecule has 0 aliphatic carbocycles. The Labute approximate surface area is 173 Å². The standard InChI is InChI=1S/C20H26F3N3O2S/c1-6-15(28-20(21,22)23)9-7-8-12-27-18-24-16-11-10-14(13-17(16)25-18)26(5)29-19(2,3)4/h7-11,13H,6,12H2,1-5H3,(H,24,25)/b8-7-,15-9+. The summed E-state index contributed by atoms with van der Waals surface area (Å²) in [6.07, 6.45) is -0.229. The summed E-state index contributed by atoms with van der Waals surface area (Å²) < 4.78 is 48.3. The zero-order valence-corrected chi connectivity index (χ0v) is 17.9. The predicted octanol–water partition coefficient (Wildman–Crippen LogP) is 6.21. The van der Waals surface area contributed by atoms with Gasteiger partial charge in [0.05, 0.1) is 11.0 Å². The number of hydrogen-bond donors (Lipinski definition) is 1. The summed E-state index contributed by atoms with van der Waals surface area (Å²) in [5.41, 5.74) is 2.65. The van der Waals surface area contributed by atoms with Crippen LogP contribution in [0.5, 0.6) is 6.01 Å². The Balaban J connectivity index is 1.97. The fraction of sp³-hybridized carbons (Fsp3) is 0.450. The molecule has 0 radical (unpaired) electrons. The van der Waals surface area contributed by atoms with Gasteiger partial charge >= 0.3 is 6.36 Å². The molecule has 1 aromatic heterocycles. The Hall–Kier alpha value is -2.29. The molecule has 0 amide bonds. The van der Waals surface area contributed by atoms with Crippen LogP contribution in [0.4, 0.5) is 18.9 Å². The van der Waals surface area contributed by atoms with Gasteiger partial charge < -0.3 is 18.8 Å². The SMILES string of the molecule is CC/C(=C\C=C/COc1nc2ccc(N(C)SC(C)(C)C)cc2[nH]1)OC(F)(F)F. The van der Waals surface area contributed by atoms with Crippen LogP contribution in [0.15, 0.2) is 42.2 Å². The van der Waals surface area contributed by atoms with Gasteiger partial charge in [-0.3, -0.25) is 0 Å². The van der Waals surface area contributed by atoms with E-state index in [1.807, 2.05) is 25.2 Å². The van der Waals surface area contributed by atoms with Crippen molar-refractivity contribution in [2.45, 2.75) is 45.2 Å². The highest BCUT2D eigenvalue weighted by atomic mass is 32.2. The van der Waals surface area contributed by atoms with Gasteiger partial charge in [-0.1, -0.05) is 13.0 Å². The molecule has 1 aromatic carbocycles. The molecular weight excluding hydrogens is 403 g/mol. The van der Waals surface area contributed by atoms with Crippen molar-refractivity contribution in [1.29, 1.82) is 0 Å². The molecule has 0 fully saturated rings. The Morgan fingerprint density at radius 2 is 2.00 bits per heavy atom. The Kier molecular flexibility index (Phi) is 7.51. The number of halogens is 3. The molecular formula is C20H26F3N3O2S. The van der Waals surface area contributed by atoms with Gasteiger partial charge in [0, 0.05) is 23.9 Å². The largest absolute Gasteiger partial charge is 0.572 e. The molecule has 0 saturated heterocycles. The Morgan fingerprint density at radius 1 is 1.28 bits per heavy atom. The highest BCUT2D eigenvalue weighted by Gasteiger charge is 2.31. The molecule has 0 saturated carbocycles. The molecule has 1 heterocycles. The molecule has 0 bridgehead atoms. The maximum absolute atomic E-state index is 12.2. The van der Waals surface area contributed by atoms with Crippen LogP contribution in [0.3, 0.4) is 0 Å². The molecule has 1 N–H and O–H groups in total. The normalized spacial score (nSPS) is 13.3. The van der Waals surface area contributed by atoms with Gasteiger partial charge in [0.2, 0.25) is 0 Å². The molecule has 0 aliphatic rings. The van der Waals surface area contributed by atoms with Crippen molar-refractivity contribution in [2.75, 3.05) is 18.0 Å². The molecule has 9 heteroatoms. The maximum atomic E-state index is 12.2. The first-order chi connectivity index (χ1) is 13.5. The van der Waals surface area contributed by atoms with Crippen LogP contribution < -0.4 is 9.04 Å². The van der Waals surface area contributed by atoms with Crippen LogP contribution in [0.1, 0.15) is 34.1 Å². The topological polar surface area (TPSA) is 50.4 Å². The average molecular weight is 430 g/mol. The summed E-state index contributed by atoms with van der Waals surface area (Å²) in [6.45, 7) is 8.19. The van der Waals surface area contributed by atoms with Crippen LogP contribution in [0.2, 0.25) is 0 Å². The number of rotatable bonds is 8. The number of anilines is 1. The molecule has 29 heavy (non-hydrogen) atoms. The number of nitrogens with zero attached hydrogens (tertiary/aromatic N) is 2. The zero-order chi connectivity index (χ0) is 21.7. The number of aromatic nitrogens is 2. The van der Waals surface area contributed by atoms with Crippen LogP contribution in [0.25, 0.3) is 11.0 Å². The third kappa shape index (κ3) is 7.92. The summed E-state index contributed by atoms with van der Waals surface area (Å²) in [5.74, 6) is -0.165. The average Bonchev–Trinajstić information content (AvgIpc) is 2.99. The van der Waals surface area contributed by atoms with Gasteiger partial charge in [0.15, 0.2) is 0 Å². The number of H-pyrrole nitrogens is 1. The fourth-order valence-corrected chi connectivity index (χ4v) is 3.47. The fourth-order valence-electron chi connectivity index (χ4n) is 2.43. The van der Waals surface area contributed by atoms with Crippen molar-refractivity contribution >= 4 is 28.7 Å². The van der Waals surface area contributed by atoms with Crippen molar-refractivity contribution in [3.05, 3.63) is 42.2 Å². The van der Waals surface area contributed by atoms with Crippen molar-refractivity contribution in [3.8, 4) is 6.01 Å². The number of aromatic amines is 1. The van der Waals surface area contributed by atoms with E-state index in [4.69, 9.17) is 4.74 Å². The van der Waals surface area contributed by atoms with Crippen LogP contribution >= 0.6 is 11.9 Å². The summed E-state index contributed by atoms with van der Waals surface area (Å²) in [4.78, 5) is 7.46. The minimum atomic E-state index is -4.68. The van der Waals surface area contributed by atoms with Crippen LogP contribution in [0, 0.1) is 0 Å². The summed E-state index contributed by atoms with van der Waals surface area (Å²) in [6, 6.07) is 6.24. The number of fused-ring (bicyclic) bond motifs is 1. The number of ether oxygens (including phenoxy) is 2. The second-order valence-corrected chi connectivity index (χ2v) is 9.17. The Bertz CT molecular complexity index is 870. The second kappa shape index (κ2) is 9.47. The molecule has 0 unspecified atom stereocenters. The van der Waals surface area contributed by atoms with Crippen molar-refractivity contribution in [1.82, 2.24) is 9.97 Å². The van der Waals surface area contributed by atoms with E-state index >= 15 is 0 Å². The number of imidazole rings is 1. The first kappa shape index (κ1) is 23.0. The molecule has 0 atom stereocenters. The van der Waals surface area contributed by atoms with Crippen molar-refractivity contribution in [2.24, 2.45) is 0 Å².